The van der Waals surface area contributed by atoms with E-state index in [-0.39, 0.29) is 24.2 Å². The van der Waals surface area contributed by atoms with Crippen LogP contribution in [0.5, 0.6) is 0 Å². The molecule has 1 aliphatic heterocycles. The Morgan fingerprint density at radius 1 is 1.65 bits per heavy atom. The fourth-order valence-electron chi connectivity index (χ4n) is 1.85. The third-order valence-electron chi connectivity index (χ3n) is 2.81. The van der Waals surface area contributed by atoms with E-state index in [1.807, 2.05) is 0 Å². The minimum Gasteiger partial charge on any atom is -0.394 e. The second-order valence-electron chi connectivity index (χ2n) is 4.55. The molecule has 0 bridgehead atoms. The largest absolute Gasteiger partial charge is 0.394 e. The van der Waals surface area contributed by atoms with Crippen molar-refractivity contribution in [2.45, 2.75) is 6.10 Å². The number of ether oxygens (including phenoxy) is 1. The normalized spacial score (nSPS) is 17.1. The maximum Gasteiger partial charge on any atom is 0.347 e. The lowest BCUT2D eigenvalue weighted by Gasteiger charge is -2.18. The molecule has 2 atom stereocenters. The molecule has 2 rings (SSSR count). The van der Waals surface area contributed by atoms with E-state index in [1.54, 1.807) is 0 Å². The van der Waals surface area contributed by atoms with Crippen molar-refractivity contribution in [1.82, 2.24) is 20.4 Å². The van der Waals surface area contributed by atoms with Crippen LogP contribution in [0.3, 0.4) is 0 Å². The summed E-state index contributed by atoms with van der Waals surface area (Å²) in [6, 6.07) is 0. The summed E-state index contributed by atoms with van der Waals surface area (Å²) in [6.45, 7) is -0.655. The van der Waals surface area contributed by atoms with Crippen LogP contribution >= 0.6 is 7.60 Å². The standard InChI is InChI=1S/C10H17N6O6P/c1-12-22-23(19,20)3-6(2-17)21-5-16-4-13-7-8(16)14-10(11)15-9(7)18/h4,6,12,17H,2-3,5H2,1H3,(H,19,20)(H3,11,14,15,18)/q+1. The van der Waals surface area contributed by atoms with Gasteiger partial charge in [0.1, 0.15) is 0 Å². The first-order valence-corrected chi connectivity index (χ1v) is 8.23. The van der Waals surface area contributed by atoms with Gasteiger partial charge in [-0.2, -0.15) is 15.4 Å². The number of nitrogen functional groups attached to an aromatic ring is 1. The molecule has 127 valence electrons. The topological polar surface area (TPSA) is 177 Å². The predicted molar refractivity (Wildman–Crippen MR) is 81.3 cm³/mol. The highest BCUT2D eigenvalue weighted by Crippen LogP contribution is 2.41. The molecule has 1 aliphatic rings. The van der Waals surface area contributed by atoms with Gasteiger partial charge >= 0.3 is 18.8 Å². The molecule has 1 aromatic rings. The quantitative estimate of drug-likeness (QED) is 0.257. The third kappa shape index (κ3) is 4.34. The molecule has 2 heterocycles. The van der Waals surface area contributed by atoms with Crippen LogP contribution in [0.25, 0.3) is 0 Å². The first-order chi connectivity index (χ1) is 10.9. The van der Waals surface area contributed by atoms with Gasteiger partial charge in [-0.1, -0.05) is 0 Å². The molecule has 0 saturated carbocycles. The summed E-state index contributed by atoms with van der Waals surface area (Å²) in [7, 11) is -2.61. The molecular formula is C10H17N6O6P+. The molecular weight excluding hydrogens is 331 g/mol. The second kappa shape index (κ2) is 7.17. The van der Waals surface area contributed by atoms with Crippen LogP contribution in [0.4, 0.5) is 17.5 Å². The van der Waals surface area contributed by atoms with Crippen molar-refractivity contribution < 1.29 is 23.9 Å². The minimum absolute atomic E-state index is 0.0784. The van der Waals surface area contributed by atoms with Crippen molar-refractivity contribution in [2.24, 2.45) is 0 Å². The Labute approximate surface area is 130 Å². The lowest BCUT2D eigenvalue weighted by Crippen LogP contribution is -2.32. The van der Waals surface area contributed by atoms with Crippen LogP contribution in [-0.2, 0) is 13.9 Å². The van der Waals surface area contributed by atoms with E-state index < -0.39 is 32.0 Å². The Kier molecular flexibility index (Phi) is 5.46. The lowest BCUT2D eigenvalue weighted by molar-refractivity contribution is 0.0269. The number of aromatic amines is 1. The van der Waals surface area contributed by atoms with Crippen molar-refractivity contribution in [3.63, 3.8) is 0 Å². The third-order valence-corrected chi connectivity index (χ3v) is 4.15. The smallest absolute Gasteiger partial charge is 0.347 e. The Hall–Kier alpha value is -1.82. The van der Waals surface area contributed by atoms with Crippen LogP contribution in [0.2, 0.25) is 0 Å². The molecule has 0 fully saturated rings. The Balaban J connectivity index is 2.01. The summed E-state index contributed by atoms with van der Waals surface area (Å²) in [5, 5.41) is 9.24. The molecule has 0 amide bonds. The van der Waals surface area contributed by atoms with Gasteiger partial charge in [0, 0.05) is 7.05 Å². The van der Waals surface area contributed by atoms with Crippen LogP contribution in [0.1, 0.15) is 0 Å². The monoisotopic (exact) mass is 348 g/mol. The molecule has 2 unspecified atom stereocenters. The average molecular weight is 348 g/mol. The molecule has 0 aliphatic carbocycles. The number of nitrogens with two attached hydrogens (primary N) is 1. The first kappa shape index (κ1) is 17.5. The molecule has 0 spiro atoms. The molecule has 1 aromatic heterocycles. The zero-order chi connectivity index (χ0) is 17.0. The van der Waals surface area contributed by atoms with E-state index >= 15 is 0 Å². The highest BCUT2D eigenvalue weighted by Gasteiger charge is 2.33. The van der Waals surface area contributed by atoms with Gasteiger partial charge in [-0.25, -0.2) is 4.62 Å². The molecule has 13 heteroatoms. The van der Waals surface area contributed by atoms with Crippen molar-refractivity contribution >= 4 is 31.4 Å². The highest BCUT2D eigenvalue weighted by atomic mass is 31.2. The molecule has 12 nitrogen and oxygen atoms in total. The summed E-state index contributed by atoms with van der Waals surface area (Å²) in [5.41, 5.74) is 7.17. The number of anilines is 2. The zero-order valence-electron chi connectivity index (χ0n) is 12.2. The number of aliphatic hydroxyl groups excluding tert-OH is 1. The van der Waals surface area contributed by atoms with Crippen LogP contribution in [-0.4, -0.2) is 59.0 Å². The van der Waals surface area contributed by atoms with Crippen molar-refractivity contribution in [1.29, 1.82) is 0 Å². The van der Waals surface area contributed by atoms with Crippen LogP contribution in [0, 0.1) is 0 Å². The fourth-order valence-corrected chi connectivity index (χ4v) is 2.95. The fraction of sp³-hybridized carbons (Fsp3) is 0.500. The molecule has 1 radical (unpaired) electrons. The number of aliphatic hydroxyl groups is 1. The predicted octanol–water partition coefficient (Wildman–Crippen LogP) is -2.16. The number of aliphatic imine (C=N–C) groups is 1. The van der Waals surface area contributed by atoms with E-state index in [1.165, 1.54) is 18.3 Å². The Morgan fingerprint density at radius 3 is 3.04 bits per heavy atom. The second-order valence-corrected chi connectivity index (χ2v) is 6.38. The highest BCUT2D eigenvalue weighted by molar-refractivity contribution is 7.52. The number of nitrogens with one attached hydrogen (secondary N) is 2. The van der Waals surface area contributed by atoms with Crippen LogP contribution < -0.4 is 26.7 Å². The van der Waals surface area contributed by atoms with Gasteiger partial charge in [0.15, 0.2) is 6.73 Å². The summed E-state index contributed by atoms with van der Waals surface area (Å²) >= 11 is 0. The number of H-pyrrole nitrogens is 1. The number of hydrogen-bond acceptors (Lipinski definition) is 10. The molecule has 0 saturated heterocycles. The van der Waals surface area contributed by atoms with Gasteiger partial charge in [0.2, 0.25) is 5.95 Å². The summed E-state index contributed by atoms with van der Waals surface area (Å²) in [5.74, 6) is 0.117. The molecule has 0 aromatic carbocycles. The van der Waals surface area contributed by atoms with Gasteiger partial charge in [-0.15, -0.1) is 0 Å². The summed E-state index contributed by atoms with van der Waals surface area (Å²) in [6.07, 6.45) is -0.0766. The minimum atomic E-state index is -3.95. The van der Waals surface area contributed by atoms with Crippen molar-refractivity contribution in [3.8, 4) is 0 Å². The van der Waals surface area contributed by atoms with Gasteiger partial charge in [-0.05, 0) is 4.99 Å². The summed E-state index contributed by atoms with van der Waals surface area (Å²) in [4.78, 5) is 32.7. The molecule has 6 N–H and O–H groups in total. The Bertz CT molecular complexity index is 693. The lowest BCUT2D eigenvalue weighted by atomic mass is 10.4. The van der Waals surface area contributed by atoms with Gasteiger partial charge in [-0.3, -0.25) is 14.3 Å². The number of aromatic nitrogens is 2. The van der Waals surface area contributed by atoms with Crippen molar-refractivity contribution in [3.05, 3.63) is 10.4 Å². The number of rotatable bonds is 8. The van der Waals surface area contributed by atoms with Gasteiger partial charge in [0.25, 0.3) is 12.2 Å². The first-order valence-electron chi connectivity index (χ1n) is 6.46. The van der Waals surface area contributed by atoms with E-state index in [9.17, 15) is 19.4 Å². The average Bonchev–Trinajstić information content (AvgIpc) is 2.86. The van der Waals surface area contributed by atoms with E-state index in [0.29, 0.717) is 0 Å². The number of hydroxylamine groups is 1. The maximum atomic E-state index is 11.6. The number of fused-ring (bicyclic) bond motifs is 1. The zero-order valence-corrected chi connectivity index (χ0v) is 13.1. The van der Waals surface area contributed by atoms with Gasteiger partial charge in [0.05, 0.1) is 18.9 Å². The SMILES string of the molecule is CNOP(=O)(O)CC(CO)OCN1C=[N+]c2c1nc(N)[nH]c2=O. The summed E-state index contributed by atoms with van der Waals surface area (Å²) < 4.78 is 21.5. The van der Waals surface area contributed by atoms with Gasteiger partial charge < -0.3 is 20.5 Å². The molecule has 23 heavy (non-hydrogen) atoms. The van der Waals surface area contributed by atoms with E-state index in [2.05, 4.69) is 25.1 Å². The Morgan fingerprint density at radius 2 is 2.39 bits per heavy atom. The maximum absolute atomic E-state index is 11.6. The van der Waals surface area contributed by atoms with E-state index in [0.717, 1.165) is 0 Å². The van der Waals surface area contributed by atoms with Crippen LogP contribution in [0.15, 0.2) is 4.79 Å². The number of nitrogens with zero attached hydrogens (tertiary/aromatic N) is 3. The number of hydrogen-bond donors (Lipinski definition) is 5. The van der Waals surface area contributed by atoms with E-state index in [4.69, 9.17) is 10.5 Å². The van der Waals surface area contributed by atoms with Crippen molar-refractivity contribution in [2.75, 3.05) is 37.2 Å².